The summed E-state index contributed by atoms with van der Waals surface area (Å²) in [5.41, 5.74) is 3.18. The molecule has 0 fully saturated rings. The van der Waals surface area contributed by atoms with E-state index in [-0.39, 0.29) is 0 Å². The molecule has 19 heavy (non-hydrogen) atoms. The van der Waals surface area contributed by atoms with Crippen LogP contribution in [-0.4, -0.2) is 26.5 Å². The highest BCUT2D eigenvalue weighted by Gasteiger charge is 2.06. The van der Waals surface area contributed by atoms with Gasteiger partial charge in [-0.25, -0.2) is 15.0 Å². The molecule has 0 radical (unpaired) electrons. The molecule has 2 aromatic rings. The van der Waals surface area contributed by atoms with Gasteiger partial charge in [-0.15, -0.1) is 0 Å². The molecule has 0 saturated carbocycles. The summed E-state index contributed by atoms with van der Waals surface area (Å²) in [5, 5.41) is 3.38. The molecule has 3 rings (SSSR count). The summed E-state index contributed by atoms with van der Waals surface area (Å²) in [6.07, 6.45) is 13.3. The zero-order valence-electron chi connectivity index (χ0n) is 11.0. The Balaban J connectivity index is 1.60. The molecule has 0 saturated heterocycles. The minimum absolute atomic E-state index is 0.714. The lowest BCUT2D eigenvalue weighted by Gasteiger charge is -2.08. The third-order valence-electron chi connectivity index (χ3n) is 3.60. The van der Waals surface area contributed by atoms with Crippen LogP contribution in [0.15, 0.2) is 24.3 Å². The van der Waals surface area contributed by atoms with Gasteiger partial charge in [0, 0.05) is 6.54 Å². The van der Waals surface area contributed by atoms with Crippen LogP contribution < -0.4 is 5.32 Å². The van der Waals surface area contributed by atoms with Gasteiger partial charge in [0.05, 0.1) is 6.33 Å². The van der Waals surface area contributed by atoms with E-state index in [0.29, 0.717) is 5.65 Å². The zero-order chi connectivity index (χ0) is 12.9. The molecule has 0 aromatic carbocycles. The van der Waals surface area contributed by atoms with Gasteiger partial charge in [0.2, 0.25) is 0 Å². The van der Waals surface area contributed by atoms with Crippen molar-refractivity contribution in [3.05, 3.63) is 24.3 Å². The quantitative estimate of drug-likeness (QED) is 0.826. The van der Waals surface area contributed by atoms with Crippen LogP contribution in [0.1, 0.15) is 38.5 Å². The molecular formula is C14H19N5. The smallest absolute Gasteiger partial charge is 0.182 e. The van der Waals surface area contributed by atoms with Gasteiger partial charge in [-0.05, 0) is 32.1 Å². The first kappa shape index (κ1) is 12.1. The average Bonchev–Trinajstić information content (AvgIpc) is 2.77. The molecule has 0 spiro atoms. The van der Waals surface area contributed by atoms with Crippen molar-refractivity contribution in [3.8, 4) is 0 Å². The van der Waals surface area contributed by atoms with E-state index in [1.54, 1.807) is 18.2 Å². The number of anilines is 1. The number of aromatic amines is 1. The molecule has 1 aliphatic carbocycles. The third-order valence-corrected chi connectivity index (χ3v) is 3.60. The molecule has 2 aromatic heterocycles. The number of rotatable bonds is 4. The number of fused-ring (bicyclic) bond motifs is 1. The minimum atomic E-state index is 0.714. The fraction of sp³-hybridized carbons (Fsp3) is 0.500. The van der Waals surface area contributed by atoms with Gasteiger partial charge >= 0.3 is 0 Å². The Labute approximate surface area is 112 Å². The molecule has 0 atom stereocenters. The fourth-order valence-electron chi connectivity index (χ4n) is 2.55. The lowest BCUT2D eigenvalue weighted by Crippen LogP contribution is -2.05. The second-order valence-corrected chi connectivity index (χ2v) is 4.96. The number of H-pyrrole nitrogens is 1. The van der Waals surface area contributed by atoms with Crippen LogP contribution in [0.25, 0.3) is 11.2 Å². The Morgan fingerprint density at radius 2 is 2.16 bits per heavy atom. The maximum absolute atomic E-state index is 4.27. The van der Waals surface area contributed by atoms with Gasteiger partial charge in [0.25, 0.3) is 0 Å². The van der Waals surface area contributed by atoms with Crippen LogP contribution in [0.5, 0.6) is 0 Å². The second kappa shape index (κ2) is 5.82. The Hall–Kier alpha value is -1.91. The van der Waals surface area contributed by atoms with Crippen LogP contribution >= 0.6 is 0 Å². The molecule has 0 amide bonds. The molecule has 0 bridgehead atoms. The number of nitrogens with one attached hydrogen (secondary N) is 2. The van der Waals surface area contributed by atoms with E-state index in [1.807, 2.05) is 0 Å². The molecule has 5 nitrogen and oxygen atoms in total. The van der Waals surface area contributed by atoms with Crippen molar-refractivity contribution >= 4 is 17.0 Å². The summed E-state index contributed by atoms with van der Waals surface area (Å²) in [7, 11) is 0. The first-order valence-corrected chi connectivity index (χ1v) is 6.99. The van der Waals surface area contributed by atoms with Crippen molar-refractivity contribution in [2.45, 2.75) is 38.5 Å². The first-order valence-electron chi connectivity index (χ1n) is 6.99. The van der Waals surface area contributed by atoms with Gasteiger partial charge in [0.15, 0.2) is 11.5 Å². The SMILES string of the molecule is C1=C(CCNc2ncnc3nc[nH]c23)CCCCC1. The van der Waals surface area contributed by atoms with E-state index in [0.717, 1.165) is 24.3 Å². The van der Waals surface area contributed by atoms with E-state index < -0.39 is 0 Å². The topological polar surface area (TPSA) is 66.5 Å². The van der Waals surface area contributed by atoms with Crippen molar-refractivity contribution in [2.75, 3.05) is 11.9 Å². The van der Waals surface area contributed by atoms with Gasteiger partial charge in [-0.3, -0.25) is 0 Å². The van der Waals surface area contributed by atoms with Gasteiger partial charge in [-0.1, -0.05) is 18.1 Å². The predicted octanol–water partition coefficient (Wildman–Crippen LogP) is 3.05. The average molecular weight is 257 g/mol. The first-order chi connectivity index (χ1) is 9.43. The lowest BCUT2D eigenvalue weighted by atomic mass is 10.1. The Morgan fingerprint density at radius 3 is 3.16 bits per heavy atom. The Bertz CT molecular complexity index is 572. The van der Waals surface area contributed by atoms with E-state index in [9.17, 15) is 0 Å². The molecule has 5 heteroatoms. The van der Waals surface area contributed by atoms with Crippen LogP contribution in [-0.2, 0) is 0 Å². The molecule has 0 aliphatic heterocycles. The van der Waals surface area contributed by atoms with Crippen molar-refractivity contribution < 1.29 is 0 Å². The summed E-state index contributed by atoms with van der Waals surface area (Å²) < 4.78 is 0. The number of aromatic nitrogens is 4. The van der Waals surface area contributed by atoms with Crippen molar-refractivity contribution in [3.63, 3.8) is 0 Å². The zero-order valence-corrected chi connectivity index (χ0v) is 11.0. The van der Waals surface area contributed by atoms with E-state index >= 15 is 0 Å². The summed E-state index contributed by atoms with van der Waals surface area (Å²) in [4.78, 5) is 15.6. The van der Waals surface area contributed by atoms with E-state index in [2.05, 4.69) is 31.3 Å². The summed E-state index contributed by atoms with van der Waals surface area (Å²) in [6.45, 7) is 0.914. The molecule has 0 unspecified atom stereocenters. The van der Waals surface area contributed by atoms with Crippen molar-refractivity contribution in [2.24, 2.45) is 0 Å². The van der Waals surface area contributed by atoms with E-state index in [1.165, 1.54) is 32.1 Å². The van der Waals surface area contributed by atoms with Gasteiger partial charge < -0.3 is 10.3 Å². The summed E-state index contributed by atoms with van der Waals surface area (Å²) >= 11 is 0. The van der Waals surface area contributed by atoms with Gasteiger partial charge in [-0.2, -0.15) is 0 Å². The highest BCUT2D eigenvalue weighted by molar-refractivity contribution is 5.81. The largest absolute Gasteiger partial charge is 0.368 e. The van der Waals surface area contributed by atoms with Gasteiger partial charge in [0.1, 0.15) is 11.8 Å². The maximum atomic E-state index is 4.27. The second-order valence-electron chi connectivity index (χ2n) is 4.96. The number of hydrogen-bond acceptors (Lipinski definition) is 4. The van der Waals surface area contributed by atoms with Crippen LogP contribution in [0.3, 0.4) is 0 Å². The summed E-state index contributed by atoms with van der Waals surface area (Å²) in [5.74, 6) is 0.844. The molecule has 100 valence electrons. The fourth-order valence-corrected chi connectivity index (χ4v) is 2.55. The Morgan fingerprint density at radius 1 is 1.16 bits per heavy atom. The van der Waals surface area contributed by atoms with E-state index in [4.69, 9.17) is 0 Å². The van der Waals surface area contributed by atoms with Crippen molar-refractivity contribution in [1.29, 1.82) is 0 Å². The molecule has 2 heterocycles. The number of allylic oxidation sites excluding steroid dienone is 1. The lowest BCUT2D eigenvalue weighted by molar-refractivity contribution is 0.704. The standard InChI is InChI=1S/C14H19N5/c1-2-4-6-11(5-3-1)7-8-15-13-12-14(17-9-16-12)19-10-18-13/h5,9-10H,1-4,6-8H2,(H2,15,16,17,18,19). The summed E-state index contributed by atoms with van der Waals surface area (Å²) in [6, 6.07) is 0. The highest BCUT2D eigenvalue weighted by atomic mass is 15.1. The number of hydrogen-bond donors (Lipinski definition) is 2. The molecule has 1 aliphatic rings. The Kier molecular flexibility index (Phi) is 3.72. The van der Waals surface area contributed by atoms with Crippen molar-refractivity contribution in [1.82, 2.24) is 19.9 Å². The van der Waals surface area contributed by atoms with Crippen LogP contribution in [0.2, 0.25) is 0 Å². The number of imidazole rings is 1. The monoisotopic (exact) mass is 257 g/mol. The predicted molar refractivity (Wildman–Crippen MR) is 76.0 cm³/mol. The normalized spacial score (nSPS) is 16.1. The number of nitrogens with zero attached hydrogens (tertiary/aromatic N) is 3. The van der Waals surface area contributed by atoms with Crippen LogP contribution in [0, 0.1) is 0 Å². The highest BCUT2D eigenvalue weighted by Crippen LogP contribution is 2.20. The molecular weight excluding hydrogens is 238 g/mol. The minimum Gasteiger partial charge on any atom is -0.368 e. The maximum Gasteiger partial charge on any atom is 0.182 e. The third kappa shape index (κ3) is 2.92. The van der Waals surface area contributed by atoms with Crippen LogP contribution in [0.4, 0.5) is 5.82 Å². The molecule has 2 N–H and O–H groups in total.